The van der Waals surface area contributed by atoms with Gasteiger partial charge < -0.3 is 0 Å². The first-order valence-electron chi connectivity index (χ1n) is 20.0. The van der Waals surface area contributed by atoms with E-state index in [1.165, 1.54) is 161 Å². The first-order chi connectivity index (χ1) is 22.5. The van der Waals surface area contributed by atoms with E-state index < -0.39 is 10.1 Å². The number of unbranched alkanes of at least 4 members (excludes halogenated alkanes) is 26. The predicted molar refractivity (Wildman–Crippen MR) is 202 cm³/mol. The van der Waals surface area contributed by atoms with Crippen LogP contribution in [0, 0.1) is 0 Å². The van der Waals surface area contributed by atoms with Gasteiger partial charge in [0.15, 0.2) is 0 Å². The van der Waals surface area contributed by atoms with Crippen molar-refractivity contribution in [1.82, 2.24) is 0 Å². The maximum atomic E-state index is 12.6. The van der Waals surface area contributed by atoms with E-state index in [1.54, 1.807) is 6.07 Å². The standard InChI is InChI=1S/C42H72O3S/c1-3-5-7-9-11-13-15-17-19-21-23-25-27-29-33-38-37-42(46(43,44)45)41(40-35-32-31-34-39(38)40)36-30-28-26-24-22-20-18-16-14-12-10-8-6-4-2/h31-32,34-35,37H,3-30,33,36H2,1-2H3,(H,43,44,45). The number of hydrogen-bond acceptors (Lipinski definition) is 2. The molecule has 0 saturated carbocycles. The summed E-state index contributed by atoms with van der Waals surface area (Å²) in [6.45, 7) is 4.55. The van der Waals surface area contributed by atoms with Gasteiger partial charge in [-0.25, -0.2) is 0 Å². The molecule has 0 aliphatic rings. The van der Waals surface area contributed by atoms with Crippen molar-refractivity contribution in [2.45, 2.75) is 211 Å². The molecule has 0 aliphatic heterocycles. The number of rotatable bonds is 31. The van der Waals surface area contributed by atoms with Gasteiger partial charge in [0.05, 0.1) is 4.90 Å². The van der Waals surface area contributed by atoms with Crippen molar-refractivity contribution in [2.24, 2.45) is 0 Å². The highest BCUT2D eigenvalue weighted by Gasteiger charge is 2.20. The van der Waals surface area contributed by atoms with Crippen LogP contribution in [0.25, 0.3) is 10.8 Å². The van der Waals surface area contributed by atoms with Crippen molar-refractivity contribution >= 4 is 20.9 Å². The molecule has 2 aromatic rings. The van der Waals surface area contributed by atoms with Crippen LogP contribution in [0.3, 0.4) is 0 Å². The Balaban J connectivity index is 1.71. The van der Waals surface area contributed by atoms with Gasteiger partial charge in [0.25, 0.3) is 10.1 Å². The van der Waals surface area contributed by atoms with Crippen LogP contribution in [-0.2, 0) is 23.0 Å². The molecule has 2 aromatic carbocycles. The summed E-state index contributed by atoms with van der Waals surface area (Å²) in [6, 6.07) is 10.0. The Bertz CT molecular complexity index is 1120. The summed E-state index contributed by atoms with van der Waals surface area (Å²) in [5.74, 6) is 0. The van der Waals surface area contributed by atoms with Gasteiger partial charge in [-0.1, -0.05) is 205 Å². The van der Waals surface area contributed by atoms with E-state index in [4.69, 9.17) is 0 Å². The second kappa shape index (κ2) is 26.6. The van der Waals surface area contributed by atoms with Crippen LogP contribution in [0.4, 0.5) is 0 Å². The molecule has 1 N–H and O–H groups in total. The highest BCUT2D eigenvalue weighted by Crippen LogP contribution is 2.32. The number of benzene rings is 2. The van der Waals surface area contributed by atoms with Gasteiger partial charge >= 0.3 is 0 Å². The summed E-state index contributed by atoms with van der Waals surface area (Å²) in [7, 11) is -4.28. The van der Waals surface area contributed by atoms with E-state index in [-0.39, 0.29) is 4.90 Å². The highest BCUT2D eigenvalue weighted by atomic mass is 32.2. The molecular formula is C42H72O3S. The average molecular weight is 657 g/mol. The summed E-state index contributed by atoms with van der Waals surface area (Å²) in [4.78, 5) is 0.140. The lowest BCUT2D eigenvalue weighted by molar-refractivity contribution is 0.481. The topological polar surface area (TPSA) is 54.4 Å². The minimum absolute atomic E-state index is 0.140. The molecule has 0 spiro atoms. The second-order valence-electron chi connectivity index (χ2n) is 14.2. The molecule has 0 radical (unpaired) electrons. The molecule has 0 aliphatic carbocycles. The zero-order valence-electron chi connectivity index (χ0n) is 30.3. The van der Waals surface area contributed by atoms with Crippen molar-refractivity contribution in [3.8, 4) is 0 Å². The SMILES string of the molecule is CCCCCCCCCCCCCCCCc1cc(S(=O)(=O)O)c(CCCCCCCCCCCCCCCC)c2ccccc12. The van der Waals surface area contributed by atoms with Gasteiger partial charge in [0, 0.05) is 0 Å². The lowest BCUT2D eigenvalue weighted by Gasteiger charge is -2.16. The van der Waals surface area contributed by atoms with Crippen LogP contribution >= 0.6 is 0 Å². The Morgan fingerprint density at radius 3 is 1.15 bits per heavy atom. The Labute approximate surface area is 285 Å². The minimum atomic E-state index is -4.28. The molecule has 2 rings (SSSR count). The molecule has 0 bridgehead atoms. The molecule has 0 fully saturated rings. The fraction of sp³-hybridized carbons (Fsp3) is 0.762. The Morgan fingerprint density at radius 2 is 0.783 bits per heavy atom. The predicted octanol–water partition coefficient (Wildman–Crippen LogP) is 14.1. The Kier molecular flexibility index (Phi) is 23.5. The average Bonchev–Trinajstić information content (AvgIpc) is 3.05. The zero-order valence-corrected chi connectivity index (χ0v) is 31.1. The third-order valence-electron chi connectivity index (χ3n) is 10.1. The molecule has 3 nitrogen and oxygen atoms in total. The summed E-state index contributed by atoms with van der Waals surface area (Å²) in [5, 5.41) is 2.16. The lowest BCUT2D eigenvalue weighted by atomic mass is 9.93. The summed E-state index contributed by atoms with van der Waals surface area (Å²) >= 11 is 0. The zero-order chi connectivity index (χ0) is 33.1. The fourth-order valence-corrected chi connectivity index (χ4v) is 8.00. The number of fused-ring (bicyclic) bond motifs is 1. The molecule has 0 saturated heterocycles. The lowest BCUT2D eigenvalue weighted by Crippen LogP contribution is -2.06. The van der Waals surface area contributed by atoms with Crippen LogP contribution in [0.15, 0.2) is 35.2 Å². The quantitative estimate of drug-likeness (QED) is 0.0649. The normalized spacial score (nSPS) is 12.0. The van der Waals surface area contributed by atoms with Crippen LogP contribution in [-0.4, -0.2) is 13.0 Å². The van der Waals surface area contributed by atoms with E-state index in [9.17, 15) is 13.0 Å². The van der Waals surface area contributed by atoms with E-state index in [2.05, 4.69) is 32.0 Å². The summed E-state index contributed by atoms with van der Waals surface area (Å²) in [5.41, 5.74) is 1.87. The monoisotopic (exact) mass is 657 g/mol. The van der Waals surface area contributed by atoms with Gasteiger partial charge in [-0.05, 0) is 53.6 Å². The first kappa shape index (κ1) is 40.8. The van der Waals surface area contributed by atoms with E-state index in [1.807, 2.05) is 6.07 Å². The maximum absolute atomic E-state index is 12.6. The van der Waals surface area contributed by atoms with E-state index in [0.717, 1.165) is 47.6 Å². The van der Waals surface area contributed by atoms with Gasteiger partial charge in [-0.3, -0.25) is 4.55 Å². The molecule has 264 valence electrons. The Morgan fingerprint density at radius 1 is 0.457 bits per heavy atom. The molecule has 0 unspecified atom stereocenters. The molecule has 0 aromatic heterocycles. The molecular weight excluding hydrogens is 585 g/mol. The molecule has 4 heteroatoms. The van der Waals surface area contributed by atoms with Gasteiger partial charge in [-0.2, -0.15) is 8.42 Å². The van der Waals surface area contributed by atoms with Crippen LogP contribution in [0.2, 0.25) is 0 Å². The first-order valence-corrected chi connectivity index (χ1v) is 21.4. The third-order valence-corrected chi connectivity index (χ3v) is 11.0. The van der Waals surface area contributed by atoms with Crippen molar-refractivity contribution in [3.05, 3.63) is 41.5 Å². The highest BCUT2D eigenvalue weighted by molar-refractivity contribution is 7.85. The Hall–Kier alpha value is -1.39. The smallest absolute Gasteiger partial charge is 0.282 e. The third kappa shape index (κ3) is 18.2. The number of aryl methyl sites for hydroxylation is 2. The van der Waals surface area contributed by atoms with Crippen molar-refractivity contribution < 1.29 is 13.0 Å². The van der Waals surface area contributed by atoms with Crippen LogP contribution < -0.4 is 0 Å². The molecule has 0 amide bonds. The molecule has 46 heavy (non-hydrogen) atoms. The molecule has 0 atom stereocenters. The van der Waals surface area contributed by atoms with E-state index >= 15 is 0 Å². The van der Waals surface area contributed by atoms with Crippen LogP contribution in [0.5, 0.6) is 0 Å². The van der Waals surface area contributed by atoms with Crippen molar-refractivity contribution in [1.29, 1.82) is 0 Å². The second-order valence-corrected chi connectivity index (χ2v) is 15.6. The van der Waals surface area contributed by atoms with Gasteiger partial charge in [0.2, 0.25) is 0 Å². The number of hydrogen-bond donors (Lipinski definition) is 1. The minimum Gasteiger partial charge on any atom is -0.282 e. The van der Waals surface area contributed by atoms with Gasteiger partial charge in [0.1, 0.15) is 0 Å². The van der Waals surface area contributed by atoms with E-state index in [0.29, 0.717) is 6.42 Å². The fourth-order valence-electron chi connectivity index (χ4n) is 7.18. The van der Waals surface area contributed by atoms with Crippen molar-refractivity contribution in [3.63, 3.8) is 0 Å². The van der Waals surface area contributed by atoms with Gasteiger partial charge in [-0.15, -0.1) is 0 Å². The van der Waals surface area contributed by atoms with Crippen molar-refractivity contribution in [2.75, 3.05) is 0 Å². The largest absolute Gasteiger partial charge is 0.294 e. The summed E-state index contributed by atoms with van der Waals surface area (Å²) in [6.07, 6.45) is 38.4. The molecule has 0 heterocycles. The summed E-state index contributed by atoms with van der Waals surface area (Å²) < 4.78 is 35.3. The van der Waals surface area contributed by atoms with Crippen LogP contribution in [0.1, 0.15) is 205 Å². The maximum Gasteiger partial charge on any atom is 0.294 e.